The number of carbonyl (C=O) groups excluding carboxylic acids is 4. The highest BCUT2D eigenvalue weighted by molar-refractivity contribution is 5.80. The van der Waals surface area contributed by atoms with Crippen LogP contribution < -0.4 is 10.1 Å². The van der Waals surface area contributed by atoms with E-state index in [4.69, 9.17) is 25.4 Å². The zero-order valence-electron chi connectivity index (χ0n) is 34.1. The predicted molar refractivity (Wildman–Crippen MR) is 210 cm³/mol. The Morgan fingerprint density at radius 1 is 0.667 bits per heavy atom. The molecule has 2 rings (SSSR count). The Balaban J connectivity index is 2.16. The van der Waals surface area contributed by atoms with Crippen molar-refractivity contribution in [2.24, 2.45) is 4.99 Å². The summed E-state index contributed by atoms with van der Waals surface area (Å²) in [7, 11) is 0. The van der Waals surface area contributed by atoms with Crippen molar-refractivity contribution < 1.29 is 38.1 Å². The van der Waals surface area contributed by atoms with Crippen LogP contribution in [0.3, 0.4) is 0 Å². The average molecular weight is 757 g/mol. The molecular weight excluding hydrogens is 692 g/mol. The Bertz CT molecular complexity index is 1360. The Labute approximate surface area is 322 Å². The maximum atomic E-state index is 13.2. The lowest BCUT2D eigenvalue weighted by atomic mass is 10.2. The first-order chi connectivity index (χ1) is 25.2. The molecule has 302 valence electrons. The van der Waals surface area contributed by atoms with Gasteiger partial charge in [0.2, 0.25) is 5.91 Å². The van der Waals surface area contributed by atoms with Gasteiger partial charge in [-0.1, -0.05) is 5.92 Å². The third kappa shape index (κ3) is 22.2. The molecule has 1 heterocycles. The minimum Gasteiger partial charge on any atom is -0.481 e. The van der Waals surface area contributed by atoms with Crippen LogP contribution in [0.1, 0.15) is 67.9 Å². The van der Waals surface area contributed by atoms with E-state index >= 15 is 0 Å². The van der Waals surface area contributed by atoms with Crippen LogP contribution in [0.15, 0.2) is 29.3 Å². The first-order valence-electron chi connectivity index (χ1n) is 18.7. The summed E-state index contributed by atoms with van der Waals surface area (Å²) in [5, 5.41) is 2.95. The summed E-state index contributed by atoms with van der Waals surface area (Å²) in [6.45, 7) is 21.4. The Kier molecular flexibility index (Phi) is 19.1. The van der Waals surface area contributed by atoms with Gasteiger partial charge in [0, 0.05) is 65.1 Å². The van der Waals surface area contributed by atoms with Crippen molar-refractivity contribution >= 4 is 30.0 Å². The van der Waals surface area contributed by atoms with Crippen molar-refractivity contribution in [3.63, 3.8) is 0 Å². The monoisotopic (exact) mass is 756 g/mol. The molecule has 1 amide bonds. The number of hydrogen-bond donors (Lipinski definition) is 1. The SMILES string of the molecule is C#CCOc1ccc(C=NCCNC(=O)CN2CCN(CC(=O)OC(C)(C)C)CCN(CC(=O)OC(C)(C)C)CCN(CC(=O)OC(C)(C)C)CC2)cc1. The van der Waals surface area contributed by atoms with Crippen LogP contribution in [0.5, 0.6) is 5.75 Å². The molecule has 1 aromatic rings. The summed E-state index contributed by atoms with van der Waals surface area (Å²) in [5.41, 5.74) is -1.02. The van der Waals surface area contributed by atoms with E-state index in [-0.39, 0.29) is 56.6 Å². The number of amides is 1. The number of ether oxygens (including phenoxy) is 4. The van der Waals surface area contributed by atoms with Gasteiger partial charge in [0.05, 0.1) is 32.7 Å². The molecule has 0 unspecified atom stereocenters. The molecule has 0 radical (unpaired) electrons. The first-order valence-corrected chi connectivity index (χ1v) is 18.7. The fourth-order valence-electron chi connectivity index (χ4n) is 5.34. The number of nitrogens with one attached hydrogen (secondary N) is 1. The predicted octanol–water partition coefficient (Wildman–Crippen LogP) is 2.48. The number of rotatable bonds is 14. The maximum Gasteiger partial charge on any atom is 0.320 e. The van der Waals surface area contributed by atoms with Gasteiger partial charge < -0.3 is 24.3 Å². The zero-order valence-corrected chi connectivity index (χ0v) is 34.1. The van der Waals surface area contributed by atoms with Crippen molar-refractivity contribution in [3.05, 3.63) is 29.8 Å². The van der Waals surface area contributed by atoms with E-state index in [1.165, 1.54) is 0 Å². The molecule has 1 N–H and O–H groups in total. The molecule has 0 saturated carbocycles. The molecule has 1 saturated heterocycles. The van der Waals surface area contributed by atoms with Crippen molar-refractivity contribution in [2.75, 3.05) is 98.2 Å². The number of hydrogen-bond acceptors (Lipinski definition) is 13. The topological polar surface area (TPSA) is 143 Å². The smallest absolute Gasteiger partial charge is 0.320 e. The minimum atomic E-state index is -0.639. The van der Waals surface area contributed by atoms with Gasteiger partial charge in [0.25, 0.3) is 0 Å². The highest BCUT2D eigenvalue weighted by atomic mass is 16.6. The van der Waals surface area contributed by atoms with E-state index in [1.54, 1.807) is 6.21 Å². The molecule has 0 aromatic heterocycles. The Morgan fingerprint density at radius 3 is 1.39 bits per heavy atom. The number of aliphatic imine (C=N–C) groups is 1. The molecule has 1 aromatic carbocycles. The van der Waals surface area contributed by atoms with Crippen molar-refractivity contribution in [3.8, 4) is 18.1 Å². The number of nitrogens with zero attached hydrogens (tertiary/aromatic N) is 5. The van der Waals surface area contributed by atoms with Crippen LogP contribution in [0.2, 0.25) is 0 Å². The van der Waals surface area contributed by atoms with Gasteiger partial charge in [-0.25, -0.2) is 0 Å². The molecule has 1 aliphatic heterocycles. The van der Waals surface area contributed by atoms with Crippen LogP contribution in [-0.2, 0) is 33.4 Å². The van der Waals surface area contributed by atoms with E-state index < -0.39 is 16.8 Å². The quantitative estimate of drug-likeness (QED) is 0.0981. The second-order valence-corrected chi connectivity index (χ2v) is 16.3. The molecule has 14 heteroatoms. The average Bonchev–Trinajstić information content (AvgIpc) is 3.02. The molecule has 1 fully saturated rings. The van der Waals surface area contributed by atoms with Crippen LogP contribution in [0.4, 0.5) is 0 Å². The van der Waals surface area contributed by atoms with Gasteiger partial charge in [-0.15, -0.1) is 6.42 Å². The van der Waals surface area contributed by atoms with Crippen LogP contribution in [0.25, 0.3) is 0 Å². The fourth-order valence-corrected chi connectivity index (χ4v) is 5.34. The number of esters is 3. The Morgan fingerprint density at radius 2 is 1.04 bits per heavy atom. The number of carbonyl (C=O) groups is 4. The highest BCUT2D eigenvalue weighted by Crippen LogP contribution is 2.12. The van der Waals surface area contributed by atoms with Crippen molar-refractivity contribution in [1.29, 1.82) is 0 Å². The van der Waals surface area contributed by atoms with Gasteiger partial charge in [0.1, 0.15) is 29.2 Å². The van der Waals surface area contributed by atoms with Crippen LogP contribution >= 0.6 is 0 Å². The summed E-state index contributed by atoms with van der Waals surface area (Å²) >= 11 is 0. The lowest BCUT2D eigenvalue weighted by Gasteiger charge is -2.34. The second-order valence-electron chi connectivity index (χ2n) is 16.3. The van der Waals surface area contributed by atoms with Gasteiger partial charge in [-0.2, -0.15) is 0 Å². The first kappa shape index (κ1) is 46.1. The molecule has 0 aliphatic carbocycles. The third-order valence-corrected chi connectivity index (χ3v) is 7.62. The molecule has 1 aliphatic rings. The summed E-state index contributed by atoms with van der Waals surface area (Å²) in [5.74, 6) is 1.90. The highest BCUT2D eigenvalue weighted by Gasteiger charge is 2.26. The lowest BCUT2D eigenvalue weighted by molar-refractivity contribution is -0.158. The molecular formula is C40H64N6O8. The second kappa shape index (κ2) is 22.4. The molecule has 0 atom stereocenters. The van der Waals surface area contributed by atoms with E-state index in [0.29, 0.717) is 71.2 Å². The molecule has 54 heavy (non-hydrogen) atoms. The zero-order chi connectivity index (χ0) is 40.4. The van der Waals surface area contributed by atoms with Gasteiger partial charge in [0.15, 0.2) is 0 Å². The van der Waals surface area contributed by atoms with E-state index in [9.17, 15) is 19.2 Å². The Hall–Kier alpha value is -4.03. The fraction of sp³-hybridized carbons (Fsp3) is 0.675. The molecule has 0 spiro atoms. The minimum absolute atomic E-state index is 0.0566. The van der Waals surface area contributed by atoms with Gasteiger partial charge in [-0.05, 0) is 92.1 Å². The van der Waals surface area contributed by atoms with E-state index in [0.717, 1.165) is 5.56 Å². The normalized spacial score (nSPS) is 16.4. The van der Waals surface area contributed by atoms with Gasteiger partial charge >= 0.3 is 17.9 Å². The molecule has 0 bridgehead atoms. The lowest BCUT2D eigenvalue weighted by Crippen LogP contribution is -2.50. The summed E-state index contributed by atoms with van der Waals surface area (Å²) < 4.78 is 22.3. The van der Waals surface area contributed by atoms with E-state index in [1.807, 2.05) is 106 Å². The molecule has 14 nitrogen and oxygen atoms in total. The standard InChI is InChI=1S/C40H64N6O8/c1-11-26-51-33-14-12-32(13-15-33)27-41-16-17-42-34(47)28-43-18-20-44(29-35(48)52-38(2,3)4)22-24-46(31-37(50)54-40(8,9)10)25-23-45(21-19-43)30-36(49)53-39(5,6)7/h1,12-15,27H,16-26,28-31H2,2-10H3,(H,42,47). The summed E-state index contributed by atoms with van der Waals surface area (Å²) in [4.78, 5) is 64.3. The number of benzene rings is 1. The van der Waals surface area contributed by atoms with Crippen LogP contribution in [-0.4, -0.2) is 165 Å². The van der Waals surface area contributed by atoms with Crippen molar-refractivity contribution in [1.82, 2.24) is 24.9 Å². The third-order valence-electron chi connectivity index (χ3n) is 7.62. The summed E-state index contributed by atoms with van der Waals surface area (Å²) in [6.07, 6.45) is 6.98. The maximum absolute atomic E-state index is 13.2. The van der Waals surface area contributed by atoms with Crippen LogP contribution in [0, 0.1) is 12.3 Å². The van der Waals surface area contributed by atoms with Gasteiger partial charge in [-0.3, -0.25) is 43.8 Å². The summed E-state index contributed by atoms with van der Waals surface area (Å²) in [6, 6.07) is 7.39. The van der Waals surface area contributed by atoms with Crippen molar-refractivity contribution in [2.45, 2.75) is 79.1 Å². The largest absolute Gasteiger partial charge is 0.481 e. The van der Waals surface area contributed by atoms with E-state index in [2.05, 4.69) is 16.2 Å². The number of terminal acetylenes is 1.